The molecule has 2 N–H and O–H groups in total. The molecule has 1 aromatic rings. The van der Waals surface area contributed by atoms with Crippen LogP contribution in [0.1, 0.15) is 19.5 Å². The van der Waals surface area contributed by atoms with Crippen molar-refractivity contribution in [2.75, 3.05) is 12.8 Å². The van der Waals surface area contributed by atoms with E-state index in [0.29, 0.717) is 11.6 Å². The smallest absolute Gasteiger partial charge is 0.166 e. The van der Waals surface area contributed by atoms with Crippen LogP contribution in [-0.4, -0.2) is 12.1 Å². The van der Waals surface area contributed by atoms with Gasteiger partial charge in [-0.2, -0.15) is 0 Å². The van der Waals surface area contributed by atoms with Crippen LogP contribution >= 0.6 is 0 Å². The van der Waals surface area contributed by atoms with Gasteiger partial charge in [-0.25, -0.2) is 4.98 Å². The number of ether oxygens (including phenoxy) is 1. The minimum absolute atomic E-state index is 0.447. The first-order valence-corrected chi connectivity index (χ1v) is 4.01. The third kappa shape index (κ3) is 2.78. The molecule has 0 bridgehead atoms. The highest BCUT2D eigenvalue weighted by atomic mass is 16.5. The molecule has 1 rings (SSSR count). The Balaban J connectivity index is 0.000000561. The van der Waals surface area contributed by atoms with E-state index in [-0.39, 0.29) is 0 Å². The van der Waals surface area contributed by atoms with Crippen molar-refractivity contribution in [3.05, 3.63) is 17.8 Å². The van der Waals surface area contributed by atoms with Gasteiger partial charge in [0.1, 0.15) is 0 Å². The number of aryl methyl sites for hydroxylation is 1. The van der Waals surface area contributed by atoms with Crippen LogP contribution in [0.15, 0.2) is 12.1 Å². The Morgan fingerprint density at radius 1 is 1.33 bits per heavy atom. The number of nitrogens with zero attached hydrogens (tertiary/aromatic N) is 1. The molecule has 3 nitrogen and oxygen atoms in total. The fourth-order valence-corrected chi connectivity index (χ4v) is 0.737. The number of nitrogens with two attached hydrogens (primary N) is 1. The van der Waals surface area contributed by atoms with Crippen LogP contribution in [0.2, 0.25) is 0 Å². The van der Waals surface area contributed by atoms with Crippen LogP contribution in [0, 0.1) is 6.92 Å². The van der Waals surface area contributed by atoms with Crippen LogP contribution in [0.4, 0.5) is 5.82 Å². The maximum Gasteiger partial charge on any atom is 0.166 e. The molecule has 0 aliphatic rings. The summed E-state index contributed by atoms with van der Waals surface area (Å²) in [5, 5.41) is 0. The molecule has 68 valence electrons. The van der Waals surface area contributed by atoms with Crippen LogP contribution < -0.4 is 10.5 Å². The Labute approximate surface area is 73.6 Å². The first-order chi connectivity index (χ1) is 5.74. The average Bonchev–Trinajstić information content (AvgIpc) is 2.08. The molecule has 0 aliphatic carbocycles. The topological polar surface area (TPSA) is 48.1 Å². The van der Waals surface area contributed by atoms with Crippen molar-refractivity contribution < 1.29 is 4.74 Å². The van der Waals surface area contributed by atoms with Gasteiger partial charge in [0.15, 0.2) is 11.6 Å². The van der Waals surface area contributed by atoms with Crippen molar-refractivity contribution in [3.8, 4) is 5.75 Å². The van der Waals surface area contributed by atoms with E-state index in [4.69, 9.17) is 10.5 Å². The van der Waals surface area contributed by atoms with Crippen molar-refractivity contribution in [3.63, 3.8) is 0 Å². The lowest BCUT2D eigenvalue weighted by Gasteiger charge is -2.02. The second-order valence-corrected chi connectivity index (χ2v) is 2.04. The molecule has 0 fully saturated rings. The lowest BCUT2D eigenvalue weighted by atomic mass is 10.3. The Bertz CT molecular complexity index is 236. The van der Waals surface area contributed by atoms with Gasteiger partial charge in [-0.15, -0.1) is 0 Å². The highest BCUT2D eigenvalue weighted by Gasteiger charge is 1.97. The number of hydrogen-bond acceptors (Lipinski definition) is 3. The Hall–Kier alpha value is -1.25. The van der Waals surface area contributed by atoms with Gasteiger partial charge in [0.2, 0.25) is 0 Å². The van der Waals surface area contributed by atoms with Gasteiger partial charge in [-0.05, 0) is 19.1 Å². The molecule has 0 unspecified atom stereocenters. The highest BCUT2D eigenvalue weighted by molar-refractivity contribution is 5.45. The fraction of sp³-hybridized carbons (Fsp3) is 0.444. The van der Waals surface area contributed by atoms with Gasteiger partial charge in [0.05, 0.1) is 7.11 Å². The first kappa shape index (κ1) is 10.8. The summed E-state index contributed by atoms with van der Waals surface area (Å²) in [6.45, 7) is 5.88. The molecule has 3 heteroatoms. The standard InChI is InChI=1S/C7H10N2O.C2H6/c1-5-3-4-6(10-2)7(8)9-5;1-2/h3-4H,1-2H3,(H2,8,9);1-2H3. The van der Waals surface area contributed by atoms with Crippen molar-refractivity contribution in [2.24, 2.45) is 0 Å². The molecule has 12 heavy (non-hydrogen) atoms. The zero-order valence-electron chi connectivity index (χ0n) is 8.09. The third-order valence-electron chi connectivity index (χ3n) is 1.25. The molecule has 1 aromatic heterocycles. The van der Waals surface area contributed by atoms with Crippen LogP contribution in [0.5, 0.6) is 5.75 Å². The number of pyridine rings is 1. The van der Waals surface area contributed by atoms with E-state index in [1.165, 1.54) is 0 Å². The minimum Gasteiger partial charge on any atom is -0.493 e. The summed E-state index contributed by atoms with van der Waals surface area (Å²) in [4.78, 5) is 4.00. The largest absolute Gasteiger partial charge is 0.493 e. The highest BCUT2D eigenvalue weighted by Crippen LogP contribution is 2.17. The van der Waals surface area contributed by atoms with Gasteiger partial charge in [0, 0.05) is 5.69 Å². The SMILES string of the molecule is CC.COc1ccc(C)nc1N. The minimum atomic E-state index is 0.447. The number of aromatic nitrogens is 1. The molecule has 0 saturated carbocycles. The Morgan fingerprint density at radius 3 is 2.33 bits per heavy atom. The zero-order chi connectivity index (χ0) is 9.56. The van der Waals surface area contributed by atoms with Gasteiger partial charge in [-0.1, -0.05) is 13.8 Å². The monoisotopic (exact) mass is 168 g/mol. The number of rotatable bonds is 1. The zero-order valence-corrected chi connectivity index (χ0v) is 8.09. The average molecular weight is 168 g/mol. The van der Waals surface area contributed by atoms with Crippen LogP contribution in [0.25, 0.3) is 0 Å². The van der Waals surface area contributed by atoms with Crippen molar-refractivity contribution >= 4 is 5.82 Å². The van der Waals surface area contributed by atoms with E-state index in [0.717, 1.165) is 5.69 Å². The quantitative estimate of drug-likeness (QED) is 0.697. The molecular formula is C9H16N2O. The lowest BCUT2D eigenvalue weighted by Crippen LogP contribution is -1.96. The summed E-state index contributed by atoms with van der Waals surface area (Å²) >= 11 is 0. The molecule has 0 aliphatic heterocycles. The molecular weight excluding hydrogens is 152 g/mol. The Kier molecular flexibility index (Phi) is 4.84. The van der Waals surface area contributed by atoms with Gasteiger partial charge < -0.3 is 10.5 Å². The first-order valence-electron chi connectivity index (χ1n) is 4.01. The van der Waals surface area contributed by atoms with E-state index < -0.39 is 0 Å². The van der Waals surface area contributed by atoms with E-state index in [2.05, 4.69) is 4.98 Å². The maximum atomic E-state index is 5.50. The fourth-order valence-electron chi connectivity index (χ4n) is 0.737. The number of methoxy groups -OCH3 is 1. The Morgan fingerprint density at radius 2 is 1.92 bits per heavy atom. The van der Waals surface area contributed by atoms with E-state index >= 15 is 0 Å². The van der Waals surface area contributed by atoms with E-state index in [1.54, 1.807) is 13.2 Å². The molecule has 0 aromatic carbocycles. The molecule has 0 saturated heterocycles. The lowest BCUT2D eigenvalue weighted by molar-refractivity contribution is 0.415. The second kappa shape index (κ2) is 5.41. The van der Waals surface area contributed by atoms with Gasteiger partial charge in [-0.3, -0.25) is 0 Å². The predicted molar refractivity (Wildman–Crippen MR) is 51.3 cm³/mol. The summed E-state index contributed by atoms with van der Waals surface area (Å²) < 4.78 is 4.91. The normalized spacial score (nSPS) is 8.33. The summed E-state index contributed by atoms with van der Waals surface area (Å²) in [5.41, 5.74) is 6.40. The molecule has 0 radical (unpaired) electrons. The molecule has 1 heterocycles. The molecule has 0 spiro atoms. The predicted octanol–water partition coefficient (Wildman–Crippen LogP) is 2.01. The van der Waals surface area contributed by atoms with Crippen molar-refractivity contribution in [1.29, 1.82) is 0 Å². The summed E-state index contributed by atoms with van der Waals surface area (Å²) in [6, 6.07) is 3.66. The third-order valence-corrected chi connectivity index (χ3v) is 1.25. The molecule has 0 amide bonds. The van der Waals surface area contributed by atoms with E-state index in [1.807, 2.05) is 26.8 Å². The second-order valence-electron chi connectivity index (χ2n) is 2.04. The number of anilines is 1. The molecule has 0 atom stereocenters. The van der Waals surface area contributed by atoms with Crippen molar-refractivity contribution in [1.82, 2.24) is 4.98 Å². The maximum absolute atomic E-state index is 5.50. The van der Waals surface area contributed by atoms with Gasteiger partial charge >= 0.3 is 0 Å². The van der Waals surface area contributed by atoms with Crippen LogP contribution in [0.3, 0.4) is 0 Å². The number of nitrogen functional groups attached to an aromatic ring is 1. The summed E-state index contributed by atoms with van der Waals surface area (Å²) in [7, 11) is 1.57. The van der Waals surface area contributed by atoms with Gasteiger partial charge in [0.25, 0.3) is 0 Å². The summed E-state index contributed by atoms with van der Waals surface area (Å²) in [5.74, 6) is 1.08. The summed E-state index contributed by atoms with van der Waals surface area (Å²) in [6.07, 6.45) is 0. The van der Waals surface area contributed by atoms with E-state index in [9.17, 15) is 0 Å². The van der Waals surface area contributed by atoms with Crippen molar-refractivity contribution in [2.45, 2.75) is 20.8 Å². The van der Waals surface area contributed by atoms with Crippen LogP contribution in [-0.2, 0) is 0 Å². The number of hydrogen-bond donors (Lipinski definition) is 1.